The molecule has 1 amide bonds. The number of nitrogens with zero attached hydrogens (tertiary/aromatic N) is 1. The normalized spacial score (nSPS) is 12.0. The lowest BCUT2D eigenvalue weighted by molar-refractivity contribution is -0.139. The Hall–Kier alpha value is -2.11. The summed E-state index contributed by atoms with van der Waals surface area (Å²) in [6.45, 7) is 5.70. The summed E-state index contributed by atoms with van der Waals surface area (Å²) in [6.07, 6.45) is 1.24. The quantitative estimate of drug-likeness (QED) is 0.833. The fraction of sp³-hybridized carbons (Fsp3) is 0.500. The molecule has 0 radical (unpaired) electrons. The van der Waals surface area contributed by atoms with Crippen molar-refractivity contribution in [1.29, 1.82) is 0 Å². The number of carboxylic acid groups (broad SMARTS) is 1. The van der Waals surface area contributed by atoms with Crippen molar-refractivity contribution < 1.29 is 19.4 Å². The van der Waals surface area contributed by atoms with Crippen LogP contribution in [0.15, 0.2) is 18.3 Å². The van der Waals surface area contributed by atoms with Gasteiger partial charge in [0, 0.05) is 17.5 Å². The second-order valence-electron chi connectivity index (χ2n) is 5.05. The van der Waals surface area contributed by atoms with E-state index in [0.717, 1.165) is 11.3 Å². The van der Waals surface area contributed by atoms with Gasteiger partial charge in [-0.25, -0.2) is 9.59 Å². The number of rotatable bonds is 6. The van der Waals surface area contributed by atoms with Crippen molar-refractivity contribution in [3.8, 4) is 0 Å². The van der Waals surface area contributed by atoms with Crippen LogP contribution in [0, 0.1) is 12.8 Å². The van der Waals surface area contributed by atoms with Gasteiger partial charge in [0.05, 0.1) is 0 Å². The molecule has 0 fully saturated rings. The molecule has 6 nitrogen and oxygen atoms in total. The second kappa shape index (κ2) is 7.47. The predicted molar refractivity (Wildman–Crippen MR) is 73.2 cm³/mol. The van der Waals surface area contributed by atoms with E-state index in [2.05, 4.69) is 10.3 Å². The highest BCUT2D eigenvalue weighted by atomic mass is 16.5. The van der Waals surface area contributed by atoms with E-state index in [0.29, 0.717) is 6.42 Å². The lowest BCUT2D eigenvalue weighted by Crippen LogP contribution is -2.41. The zero-order valence-corrected chi connectivity index (χ0v) is 11.9. The Morgan fingerprint density at radius 3 is 2.60 bits per heavy atom. The summed E-state index contributed by atoms with van der Waals surface area (Å²) in [5.74, 6) is -0.898. The average molecular weight is 280 g/mol. The number of hydrogen-bond donors (Lipinski definition) is 2. The molecular formula is C14H20N2O4. The van der Waals surface area contributed by atoms with Gasteiger partial charge >= 0.3 is 12.1 Å². The van der Waals surface area contributed by atoms with Crippen LogP contribution in [0.3, 0.4) is 0 Å². The largest absolute Gasteiger partial charge is 0.480 e. The Morgan fingerprint density at radius 1 is 1.40 bits per heavy atom. The van der Waals surface area contributed by atoms with E-state index < -0.39 is 18.1 Å². The van der Waals surface area contributed by atoms with Crippen LogP contribution in [0.5, 0.6) is 0 Å². The molecule has 0 aliphatic heterocycles. The minimum atomic E-state index is -1.06. The van der Waals surface area contributed by atoms with Crippen molar-refractivity contribution >= 4 is 12.1 Å². The van der Waals surface area contributed by atoms with Crippen LogP contribution in [0.25, 0.3) is 0 Å². The van der Waals surface area contributed by atoms with Gasteiger partial charge in [0.25, 0.3) is 0 Å². The third-order valence-electron chi connectivity index (χ3n) is 2.64. The van der Waals surface area contributed by atoms with Gasteiger partial charge < -0.3 is 15.2 Å². The Labute approximate surface area is 118 Å². The number of carbonyl (C=O) groups excluding carboxylic acids is 1. The first-order valence-electron chi connectivity index (χ1n) is 6.46. The molecule has 0 unspecified atom stereocenters. The monoisotopic (exact) mass is 280 g/mol. The highest BCUT2D eigenvalue weighted by molar-refractivity contribution is 5.79. The fourth-order valence-corrected chi connectivity index (χ4v) is 1.61. The number of amides is 1. The Morgan fingerprint density at radius 2 is 2.10 bits per heavy atom. The SMILES string of the molecule is Cc1ccc(COC(=O)N[C@@H](CC(C)C)C(=O)O)cn1. The van der Waals surface area contributed by atoms with E-state index in [1.807, 2.05) is 26.8 Å². The number of ether oxygens (including phenoxy) is 1. The van der Waals surface area contributed by atoms with Crippen LogP contribution in [0.2, 0.25) is 0 Å². The average Bonchev–Trinajstić information content (AvgIpc) is 2.36. The van der Waals surface area contributed by atoms with Crippen molar-refractivity contribution in [2.75, 3.05) is 0 Å². The first-order valence-corrected chi connectivity index (χ1v) is 6.46. The Kier molecular flexibility index (Phi) is 5.96. The number of aliphatic carboxylic acids is 1. The highest BCUT2D eigenvalue weighted by Gasteiger charge is 2.21. The summed E-state index contributed by atoms with van der Waals surface area (Å²) in [5, 5.41) is 11.4. The van der Waals surface area contributed by atoms with Crippen LogP contribution in [-0.4, -0.2) is 28.2 Å². The molecule has 1 heterocycles. The maximum absolute atomic E-state index is 11.6. The van der Waals surface area contributed by atoms with Crippen molar-refractivity contribution in [2.24, 2.45) is 5.92 Å². The number of alkyl carbamates (subject to hydrolysis) is 1. The van der Waals surface area contributed by atoms with Crippen LogP contribution in [0.4, 0.5) is 4.79 Å². The van der Waals surface area contributed by atoms with E-state index in [-0.39, 0.29) is 12.5 Å². The summed E-state index contributed by atoms with van der Waals surface area (Å²) in [4.78, 5) is 26.6. The molecule has 0 aromatic carbocycles. The molecule has 20 heavy (non-hydrogen) atoms. The van der Waals surface area contributed by atoms with Gasteiger partial charge in [-0.2, -0.15) is 0 Å². The van der Waals surface area contributed by atoms with Gasteiger partial charge in [-0.3, -0.25) is 4.98 Å². The van der Waals surface area contributed by atoms with Crippen LogP contribution in [0.1, 0.15) is 31.5 Å². The van der Waals surface area contributed by atoms with Gasteiger partial charge in [0.15, 0.2) is 0 Å². The van der Waals surface area contributed by atoms with Crippen molar-refractivity contribution in [3.05, 3.63) is 29.6 Å². The summed E-state index contributed by atoms with van der Waals surface area (Å²) < 4.78 is 4.98. The number of aryl methyl sites for hydroxylation is 1. The van der Waals surface area contributed by atoms with Gasteiger partial charge in [-0.05, 0) is 25.3 Å². The summed E-state index contributed by atoms with van der Waals surface area (Å²) >= 11 is 0. The lowest BCUT2D eigenvalue weighted by Gasteiger charge is -2.16. The molecular weight excluding hydrogens is 260 g/mol. The molecule has 1 rings (SSSR count). The number of carbonyl (C=O) groups is 2. The van der Waals surface area contributed by atoms with Gasteiger partial charge in [-0.15, -0.1) is 0 Å². The van der Waals surface area contributed by atoms with Crippen LogP contribution < -0.4 is 5.32 Å². The third kappa shape index (κ3) is 5.69. The molecule has 110 valence electrons. The lowest BCUT2D eigenvalue weighted by atomic mass is 10.0. The second-order valence-corrected chi connectivity index (χ2v) is 5.05. The summed E-state index contributed by atoms with van der Waals surface area (Å²) in [6, 6.07) is 2.69. The first-order chi connectivity index (χ1) is 9.38. The highest BCUT2D eigenvalue weighted by Crippen LogP contribution is 2.06. The van der Waals surface area contributed by atoms with Gasteiger partial charge in [-0.1, -0.05) is 19.9 Å². The fourth-order valence-electron chi connectivity index (χ4n) is 1.61. The molecule has 1 atom stereocenters. The van der Waals surface area contributed by atoms with E-state index in [4.69, 9.17) is 9.84 Å². The van der Waals surface area contributed by atoms with Crippen molar-refractivity contribution in [2.45, 2.75) is 39.8 Å². The Balaban J connectivity index is 2.45. The van der Waals surface area contributed by atoms with E-state index in [9.17, 15) is 9.59 Å². The zero-order valence-electron chi connectivity index (χ0n) is 11.9. The molecule has 6 heteroatoms. The van der Waals surface area contributed by atoms with E-state index >= 15 is 0 Å². The van der Waals surface area contributed by atoms with Gasteiger partial charge in [0.1, 0.15) is 12.6 Å². The maximum Gasteiger partial charge on any atom is 0.408 e. The van der Waals surface area contributed by atoms with Crippen LogP contribution >= 0.6 is 0 Å². The standard InChI is InChI=1S/C14H20N2O4/c1-9(2)6-12(13(17)18)16-14(19)20-8-11-5-4-10(3)15-7-11/h4-5,7,9,12H,6,8H2,1-3H3,(H,16,19)(H,17,18)/t12-/m0/s1. The molecule has 1 aromatic heterocycles. The molecule has 0 saturated heterocycles. The first kappa shape index (κ1) is 15.9. The number of pyridine rings is 1. The molecule has 0 aliphatic carbocycles. The predicted octanol–water partition coefficient (Wildman–Crippen LogP) is 2.12. The smallest absolute Gasteiger partial charge is 0.408 e. The van der Waals surface area contributed by atoms with Crippen molar-refractivity contribution in [3.63, 3.8) is 0 Å². The molecule has 0 bridgehead atoms. The summed E-state index contributed by atoms with van der Waals surface area (Å²) in [7, 11) is 0. The van der Waals surface area contributed by atoms with E-state index in [1.54, 1.807) is 12.3 Å². The number of aromatic nitrogens is 1. The van der Waals surface area contributed by atoms with Crippen molar-refractivity contribution in [1.82, 2.24) is 10.3 Å². The zero-order chi connectivity index (χ0) is 15.1. The topological polar surface area (TPSA) is 88.5 Å². The molecule has 0 spiro atoms. The van der Waals surface area contributed by atoms with E-state index in [1.165, 1.54) is 0 Å². The molecule has 0 saturated carbocycles. The Bertz CT molecular complexity index is 457. The molecule has 1 aromatic rings. The number of hydrogen-bond acceptors (Lipinski definition) is 4. The number of carboxylic acids is 1. The third-order valence-corrected chi connectivity index (χ3v) is 2.64. The molecule has 2 N–H and O–H groups in total. The summed E-state index contributed by atoms with van der Waals surface area (Å²) in [5.41, 5.74) is 1.63. The maximum atomic E-state index is 11.6. The number of nitrogens with one attached hydrogen (secondary N) is 1. The minimum Gasteiger partial charge on any atom is -0.480 e. The van der Waals surface area contributed by atoms with Crippen LogP contribution in [-0.2, 0) is 16.1 Å². The van der Waals surface area contributed by atoms with Gasteiger partial charge in [0.2, 0.25) is 0 Å². The molecule has 0 aliphatic rings. The minimum absolute atomic E-state index is 0.0626.